The van der Waals surface area contributed by atoms with Crippen molar-refractivity contribution in [2.24, 2.45) is 0 Å². The maximum Gasteiger partial charge on any atom is 0.349 e. The highest BCUT2D eigenvalue weighted by Gasteiger charge is 2.17. The van der Waals surface area contributed by atoms with E-state index in [-0.39, 0.29) is 11.5 Å². The van der Waals surface area contributed by atoms with Gasteiger partial charge in [-0.3, -0.25) is 0 Å². The van der Waals surface area contributed by atoms with E-state index in [0.29, 0.717) is 11.4 Å². The molecule has 6 heteroatoms. The highest BCUT2D eigenvalue weighted by Crippen LogP contribution is 2.29. The third-order valence-corrected chi connectivity index (χ3v) is 4.91. The molecular formula is C19H10N2O3S. The maximum atomic E-state index is 12.4. The first-order chi connectivity index (χ1) is 12.3. The fourth-order valence-electron chi connectivity index (χ4n) is 2.86. The van der Waals surface area contributed by atoms with Crippen LogP contribution < -0.4 is 5.63 Å². The van der Waals surface area contributed by atoms with E-state index < -0.39 is 5.63 Å². The number of fused-ring (bicyclic) bond motifs is 3. The minimum atomic E-state index is -0.496. The predicted molar refractivity (Wildman–Crippen MR) is 96.6 cm³/mol. The van der Waals surface area contributed by atoms with Gasteiger partial charge in [0.2, 0.25) is 5.82 Å². The van der Waals surface area contributed by atoms with E-state index in [9.17, 15) is 4.79 Å². The number of thiophene rings is 1. The standard InChI is InChI=1S/C19H10N2O3S/c22-19-14(18-20-17(21-24-18)16-6-3-9-25-16)10-13-12-5-2-1-4-11(12)7-8-15(13)23-19/h1-10H. The Morgan fingerprint density at radius 3 is 2.76 bits per heavy atom. The highest BCUT2D eigenvalue weighted by molar-refractivity contribution is 7.13. The summed E-state index contributed by atoms with van der Waals surface area (Å²) in [7, 11) is 0. The molecule has 25 heavy (non-hydrogen) atoms. The topological polar surface area (TPSA) is 69.1 Å². The summed E-state index contributed by atoms with van der Waals surface area (Å²) in [5, 5.41) is 8.80. The highest BCUT2D eigenvalue weighted by atomic mass is 32.1. The van der Waals surface area contributed by atoms with Gasteiger partial charge in [0.15, 0.2) is 0 Å². The van der Waals surface area contributed by atoms with Crippen molar-refractivity contribution in [2.75, 3.05) is 0 Å². The second kappa shape index (κ2) is 5.39. The summed E-state index contributed by atoms with van der Waals surface area (Å²) >= 11 is 1.51. The zero-order chi connectivity index (χ0) is 16.8. The Morgan fingerprint density at radius 2 is 1.88 bits per heavy atom. The molecule has 120 valence electrons. The summed E-state index contributed by atoms with van der Waals surface area (Å²) in [6.07, 6.45) is 0. The lowest BCUT2D eigenvalue weighted by Crippen LogP contribution is -2.03. The number of hydrogen-bond donors (Lipinski definition) is 0. The zero-order valence-corrected chi connectivity index (χ0v) is 13.6. The van der Waals surface area contributed by atoms with Crippen LogP contribution in [0.25, 0.3) is 43.9 Å². The average molecular weight is 346 g/mol. The molecule has 0 spiro atoms. The molecule has 0 bridgehead atoms. The van der Waals surface area contributed by atoms with Crippen LogP contribution in [0.1, 0.15) is 0 Å². The van der Waals surface area contributed by atoms with Crippen LogP contribution in [0.15, 0.2) is 73.7 Å². The fraction of sp³-hybridized carbons (Fsp3) is 0. The molecule has 0 aliphatic heterocycles. The number of hydrogen-bond acceptors (Lipinski definition) is 6. The molecule has 0 aliphatic carbocycles. The van der Waals surface area contributed by atoms with Crippen molar-refractivity contribution in [3.8, 4) is 22.2 Å². The van der Waals surface area contributed by atoms with Crippen LogP contribution in [-0.2, 0) is 0 Å². The molecule has 0 aliphatic rings. The second-order valence-electron chi connectivity index (χ2n) is 5.55. The van der Waals surface area contributed by atoms with Gasteiger partial charge in [-0.2, -0.15) is 4.98 Å². The van der Waals surface area contributed by atoms with Gasteiger partial charge in [0.05, 0.1) is 4.88 Å². The van der Waals surface area contributed by atoms with Crippen LogP contribution in [0.4, 0.5) is 0 Å². The first kappa shape index (κ1) is 14.1. The summed E-state index contributed by atoms with van der Waals surface area (Å²) in [5.41, 5.74) is 0.300. The Balaban J connectivity index is 1.75. The Morgan fingerprint density at radius 1 is 0.960 bits per heavy atom. The molecule has 0 amide bonds. The van der Waals surface area contributed by atoms with Crippen LogP contribution in [0.2, 0.25) is 0 Å². The summed E-state index contributed by atoms with van der Waals surface area (Å²) in [6.45, 7) is 0. The first-order valence-electron chi connectivity index (χ1n) is 7.63. The minimum Gasteiger partial charge on any atom is -0.422 e. The lowest BCUT2D eigenvalue weighted by atomic mass is 10.0. The molecule has 0 unspecified atom stereocenters. The van der Waals surface area contributed by atoms with E-state index in [1.165, 1.54) is 11.3 Å². The van der Waals surface area contributed by atoms with Crippen LogP contribution in [0, 0.1) is 0 Å². The van der Waals surface area contributed by atoms with E-state index in [4.69, 9.17) is 8.94 Å². The summed E-state index contributed by atoms with van der Waals surface area (Å²) in [6, 6.07) is 17.2. The quantitative estimate of drug-likeness (QED) is 0.341. The molecule has 3 aromatic heterocycles. The number of benzene rings is 2. The SMILES string of the molecule is O=c1oc2ccc3ccccc3c2cc1-c1nc(-c2cccs2)no1. The molecule has 0 saturated heterocycles. The van der Waals surface area contributed by atoms with Crippen LogP contribution in [0.5, 0.6) is 0 Å². The number of nitrogens with zero attached hydrogens (tertiary/aromatic N) is 2. The van der Waals surface area contributed by atoms with E-state index >= 15 is 0 Å². The van der Waals surface area contributed by atoms with Gasteiger partial charge in [-0.1, -0.05) is 41.6 Å². The van der Waals surface area contributed by atoms with Crippen molar-refractivity contribution in [3.05, 3.63) is 70.4 Å². The van der Waals surface area contributed by atoms with Gasteiger partial charge in [0, 0.05) is 5.39 Å². The Kier molecular flexibility index (Phi) is 3.05. The first-order valence-corrected chi connectivity index (χ1v) is 8.51. The van der Waals surface area contributed by atoms with Gasteiger partial charge in [0.25, 0.3) is 5.89 Å². The molecule has 0 saturated carbocycles. The molecule has 5 rings (SSSR count). The van der Waals surface area contributed by atoms with Gasteiger partial charge < -0.3 is 8.94 Å². The molecule has 0 radical (unpaired) electrons. The Labute approximate surface area is 145 Å². The Bertz CT molecular complexity index is 1270. The van der Waals surface area contributed by atoms with Gasteiger partial charge in [0.1, 0.15) is 11.1 Å². The maximum absolute atomic E-state index is 12.4. The third kappa shape index (κ3) is 2.27. The largest absolute Gasteiger partial charge is 0.422 e. The fourth-order valence-corrected chi connectivity index (χ4v) is 3.51. The molecule has 0 fully saturated rings. The van der Waals surface area contributed by atoms with Gasteiger partial charge >= 0.3 is 5.63 Å². The Hall–Kier alpha value is -3.25. The van der Waals surface area contributed by atoms with Crippen molar-refractivity contribution in [2.45, 2.75) is 0 Å². The lowest BCUT2D eigenvalue weighted by Gasteiger charge is -2.03. The van der Waals surface area contributed by atoms with E-state index in [0.717, 1.165) is 21.0 Å². The van der Waals surface area contributed by atoms with E-state index in [1.54, 1.807) is 12.1 Å². The minimum absolute atomic E-state index is 0.159. The van der Waals surface area contributed by atoms with E-state index in [1.807, 2.05) is 47.8 Å². The number of aromatic nitrogens is 2. The van der Waals surface area contributed by atoms with Crippen molar-refractivity contribution >= 4 is 33.1 Å². The predicted octanol–water partition coefficient (Wildman–Crippen LogP) is 4.72. The third-order valence-electron chi connectivity index (χ3n) is 4.04. The van der Waals surface area contributed by atoms with Gasteiger partial charge in [-0.25, -0.2) is 4.79 Å². The van der Waals surface area contributed by atoms with Crippen molar-refractivity contribution < 1.29 is 8.94 Å². The average Bonchev–Trinajstić information content (AvgIpc) is 3.32. The van der Waals surface area contributed by atoms with Crippen molar-refractivity contribution in [1.82, 2.24) is 10.1 Å². The zero-order valence-electron chi connectivity index (χ0n) is 12.8. The lowest BCUT2D eigenvalue weighted by molar-refractivity contribution is 0.429. The van der Waals surface area contributed by atoms with Gasteiger partial charge in [-0.15, -0.1) is 11.3 Å². The smallest absolute Gasteiger partial charge is 0.349 e. The molecule has 5 nitrogen and oxygen atoms in total. The second-order valence-corrected chi connectivity index (χ2v) is 6.49. The molecule has 0 N–H and O–H groups in total. The van der Waals surface area contributed by atoms with Crippen LogP contribution in [-0.4, -0.2) is 10.1 Å². The van der Waals surface area contributed by atoms with Crippen LogP contribution >= 0.6 is 11.3 Å². The summed E-state index contributed by atoms with van der Waals surface area (Å²) < 4.78 is 10.8. The monoisotopic (exact) mass is 346 g/mol. The molecule has 3 heterocycles. The van der Waals surface area contributed by atoms with Crippen molar-refractivity contribution in [3.63, 3.8) is 0 Å². The molecule has 5 aromatic rings. The van der Waals surface area contributed by atoms with Gasteiger partial charge in [-0.05, 0) is 34.4 Å². The molecular weight excluding hydrogens is 336 g/mol. The van der Waals surface area contributed by atoms with Crippen molar-refractivity contribution in [1.29, 1.82) is 0 Å². The van der Waals surface area contributed by atoms with E-state index in [2.05, 4.69) is 10.1 Å². The summed E-state index contributed by atoms with van der Waals surface area (Å²) in [4.78, 5) is 17.6. The molecule has 0 atom stereocenters. The molecule has 2 aromatic carbocycles. The van der Waals surface area contributed by atoms with Crippen LogP contribution in [0.3, 0.4) is 0 Å². The summed E-state index contributed by atoms with van der Waals surface area (Å²) in [5.74, 6) is 0.620. The normalized spacial score (nSPS) is 11.4. The number of rotatable bonds is 2.